The number of allylic oxidation sites excluding steroid dienone is 4. The number of benzene rings is 1. The second kappa shape index (κ2) is 14.4. The first-order valence-corrected chi connectivity index (χ1v) is 10.3. The monoisotopic (exact) mass is 414 g/mol. The molecule has 0 bridgehead atoms. The minimum Gasteiger partial charge on any atom is -0.382 e. The second-order valence-electron chi connectivity index (χ2n) is 6.35. The van der Waals surface area contributed by atoms with Gasteiger partial charge in [-0.25, -0.2) is 4.40 Å². The SMILES string of the molecule is C=C/C=C(C)\C=C/CNc1ccc(/C(CC(N)=O)=N/SC(C)NCCC=O)cc1. The van der Waals surface area contributed by atoms with Crippen molar-refractivity contribution in [1.82, 2.24) is 5.32 Å². The van der Waals surface area contributed by atoms with Gasteiger partial charge in [-0.2, -0.15) is 0 Å². The topological polar surface area (TPSA) is 96.6 Å². The van der Waals surface area contributed by atoms with E-state index in [9.17, 15) is 9.59 Å². The van der Waals surface area contributed by atoms with Crippen LogP contribution < -0.4 is 16.4 Å². The molecule has 0 heterocycles. The molecule has 156 valence electrons. The number of hydrogen-bond acceptors (Lipinski definition) is 6. The maximum absolute atomic E-state index is 11.4. The summed E-state index contributed by atoms with van der Waals surface area (Å²) in [6, 6.07) is 7.73. The molecule has 6 nitrogen and oxygen atoms in total. The molecule has 0 saturated heterocycles. The fraction of sp³-hybridized carbons (Fsp3) is 0.318. The van der Waals surface area contributed by atoms with Gasteiger partial charge in [0.2, 0.25) is 5.91 Å². The van der Waals surface area contributed by atoms with Gasteiger partial charge >= 0.3 is 0 Å². The van der Waals surface area contributed by atoms with Gasteiger partial charge in [-0.15, -0.1) is 0 Å². The van der Waals surface area contributed by atoms with Crippen molar-refractivity contribution in [1.29, 1.82) is 0 Å². The number of nitrogens with one attached hydrogen (secondary N) is 2. The summed E-state index contributed by atoms with van der Waals surface area (Å²) in [6.07, 6.45) is 9.17. The van der Waals surface area contributed by atoms with Crippen LogP contribution in [0, 0.1) is 0 Å². The molecule has 29 heavy (non-hydrogen) atoms. The van der Waals surface area contributed by atoms with Gasteiger partial charge in [0.15, 0.2) is 0 Å². The summed E-state index contributed by atoms with van der Waals surface area (Å²) in [4.78, 5) is 21.8. The van der Waals surface area contributed by atoms with Crippen LogP contribution >= 0.6 is 11.9 Å². The number of nitrogens with two attached hydrogens (primary N) is 1. The zero-order valence-electron chi connectivity index (χ0n) is 17.1. The molecule has 0 fully saturated rings. The van der Waals surface area contributed by atoms with Crippen molar-refractivity contribution in [2.45, 2.75) is 32.1 Å². The zero-order valence-corrected chi connectivity index (χ0v) is 17.9. The molecule has 1 aromatic rings. The largest absolute Gasteiger partial charge is 0.382 e. The number of carbonyl (C=O) groups is 2. The highest BCUT2D eigenvalue weighted by Crippen LogP contribution is 2.17. The van der Waals surface area contributed by atoms with Gasteiger partial charge in [0, 0.05) is 25.2 Å². The van der Waals surface area contributed by atoms with E-state index < -0.39 is 5.91 Å². The smallest absolute Gasteiger partial charge is 0.223 e. The summed E-state index contributed by atoms with van der Waals surface area (Å²) in [7, 11) is 0. The van der Waals surface area contributed by atoms with Crippen molar-refractivity contribution in [3.8, 4) is 0 Å². The van der Waals surface area contributed by atoms with Crippen LogP contribution in [0.25, 0.3) is 0 Å². The predicted molar refractivity (Wildman–Crippen MR) is 124 cm³/mol. The maximum Gasteiger partial charge on any atom is 0.223 e. The third-order valence-electron chi connectivity index (χ3n) is 3.76. The molecule has 0 saturated carbocycles. The van der Waals surface area contributed by atoms with E-state index in [0.717, 1.165) is 23.1 Å². The number of anilines is 1. The molecule has 0 radical (unpaired) electrons. The maximum atomic E-state index is 11.4. The summed E-state index contributed by atoms with van der Waals surface area (Å²) >= 11 is 1.32. The molecule has 0 spiro atoms. The molecule has 1 amide bonds. The van der Waals surface area contributed by atoms with Crippen LogP contribution in [-0.2, 0) is 9.59 Å². The molecule has 1 aromatic carbocycles. The molecule has 4 N–H and O–H groups in total. The molecule has 1 rings (SSSR count). The molecular formula is C22H30N4O2S. The standard InChI is InChI=1S/C22H30N4O2S/c1-4-7-17(2)8-5-13-25-20-11-9-19(10-12-20)21(16-22(23)28)26-29-18(3)24-14-6-15-27/h4-5,7-12,15,18,24-25H,1,6,13-14,16H2,2-3H3,(H2,23,28)/b8-5-,17-7-,26-21+. The molecule has 0 aliphatic heterocycles. The predicted octanol–water partition coefficient (Wildman–Crippen LogP) is 3.62. The minimum absolute atomic E-state index is 0.0177. The van der Waals surface area contributed by atoms with Crippen LogP contribution in [0.15, 0.2) is 65.1 Å². The van der Waals surface area contributed by atoms with Crippen LogP contribution in [0.5, 0.6) is 0 Å². The Hall–Kier alpha value is -2.64. The van der Waals surface area contributed by atoms with E-state index in [1.807, 2.05) is 56.3 Å². The Morgan fingerprint density at radius 3 is 2.69 bits per heavy atom. The number of hydrogen-bond donors (Lipinski definition) is 3. The van der Waals surface area contributed by atoms with Crippen molar-refractivity contribution in [2.24, 2.45) is 10.1 Å². The Labute approximate surface area is 177 Å². The van der Waals surface area contributed by atoms with E-state index in [4.69, 9.17) is 5.73 Å². The van der Waals surface area contributed by atoms with Crippen LogP contribution in [0.4, 0.5) is 5.69 Å². The number of nitrogens with zero attached hydrogens (tertiary/aromatic N) is 1. The Kier molecular flexibility index (Phi) is 12.1. The molecule has 0 aromatic heterocycles. The minimum atomic E-state index is -0.429. The molecular weight excluding hydrogens is 384 g/mol. The lowest BCUT2D eigenvalue weighted by Crippen LogP contribution is -2.24. The summed E-state index contributed by atoms with van der Waals surface area (Å²) in [6.45, 7) is 8.93. The summed E-state index contributed by atoms with van der Waals surface area (Å²) in [5, 5.41) is 6.51. The summed E-state index contributed by atoms with van der Waals surface area (Å²) in [5.74, 6) is -0.429. The number of primary amides is 1. The van der Waals surface area contributed by atoms with E-state index >= 15 is 0 Å². The normalized spacial score (nSPS) is 13.3. The molecule has 7 heteroatoms. The van der Waals surface area contributed by atoms with Crippen molar-refractivity contribution in [3.05, 3.63) is 66.3 Å². The highest BCUT2D eigenvalue weighted by Gasteiger charge is 2.09. The van der Waals surface area contributed by atoms with E-state index in [1.54, 1.807) is 6.08 Å². The molecule has 1 unspecified atom stereocenters. The van der Waals surface area contributed by atoms with Crippen LogP contribution in [0.1, 0.15) is 32.3 Å². The Bertz CT molecular complexity index is 755. The quantitative estimate of drug-likeness (QED) is 0.108. The van der Waals surface area contributed by atoms with Crippen molar-refractivity contribution in [2.75, 3.05) is 18.4 Å². The van der Waals surface area contributed by atoms with Gasteiger partial charge in [-0.1, -0.05) is 48.6 Å². The lowest BCUT2D eigenvalue weighted by atomic mass is 10.1. The number of carbonyl (C=O) groups excluding carboxylic acids is 2. The average molecular weight is 415 g/mol. The van der Waals surface area contributed by atoms with E-state index in [-0.39, 0.29) is 11.8 Å². The van der Waals surface area contributed by atoms with Gasteiger partial charge in [-0.05, 0) is 43.5 Å². The lowest BCUT2D eigenvalue weighted by molar-refractivity contribution is -0.116. The highest BCUT2D eigenvalue weighted by atomic mass is 32.2. The Balaban J connectivity index is 2.71. The number of amides is 1. The molecule has 0 aliphatic carbocycles. The third kappa shape index (κ3) is 11.1. The number of aldehydes is 1. The van der Waals surface area contributed by atoms with Gasteiger partial charge < -0.3 is 21.2 Å². The Morgan fingerprint density at radius 1 is 1.34 bits per heavy atom. The van der Waals surface area contributed by atoms with Gasteiger partial charge in [-0.3, -0.25) is 4.79 Å². The fourth-order valence-electron chi connectivity index (χ4n) is 2.32. The third-order valence-corrected chi connectivity index (χ3v) is 4.57. The van der Waals surface area contributed by atoms with E-state index in [2.05, 4.69) is 21.6 Å². The first-order valence-electron chi connectivity index (χ1n) is 9.44. The second-order valence-corrected chi connectivity index (χ2v) is 7.45. The first kappa shape index (κ1) is 24.4. The van der Waals surface area contributed by atoms with Gasteiger partial charge in [0.25, 0.3) is 0 Å². The fourth-order valence-corrected chi connectivity index (χ4v) is 2.97. The number of rotatable bonds is 14. The van der Waals surface area contributed by atoms with E-state index in [1.165, 1.54) is 11.9 Å². The van der Waals surface area contributed by atoms with Crippen LogP contribution in [-0.4, -0.2) is 36.4 Å². The van der Waals surface area contributed by atoms with Gasteiger partial charge in [0.1, 0.15) is 6.29 Å². The lowest BCUT2D eigenvalue weighted by Gasteiger charge is -2.11. The summed E-state index contributed by atoms with van der Waals surface area (Å²) < 4.78 is 4.49. The van der Waals surface area contributed by atoms with Crippen LogP contribution in [0.2, 0.25) is 0 Å². The molecule has 0 aliphatic rings. The first-order chi connectivity index (χ1) is 14.0. The average Bonchev–Trinajstić information content (AvgIpc) is 2.69. The molecule has 1 atom stereocenters. The Morgan fingerprint density at radius 2 is 2.07 bits per heavy atom. The van der Waals surface area contributed by atoms with Crippen LogP contribution in [0.3, 0.4) is 0 Å². The summed E-state index contributed by atoms with van der Waals surface area (Å²) in [5.41, 5.74) is 8.96. The zero-order chi connectivity index (χ0) is 21.5. The van der Waals surface area contributed by atoms with E-state index in [0.29, 0.717) is 25.2 Å². The van der Waals surface area contributed by atoms with Crippen molar-refractivity contribution >= 4 is 35.5 Å². The van der Waals surface area contributed by atoms with Gasteiger partial charge in [0.05, 0.1) is 17.5 Å². The van der Waals surface area contributed by atoms with Crippen molar-refractivity contribution in [3.63, 3.8) is 0 Å². The van der Waals surface area contributed by atoms with Crippen molar-refractivity contribution < 1.29 is 9.59 Å². The highest BCUT2D eigenvalue weighted by molar-refractivity contribution is 7.98.